The van der Waals surface area contributed by atoms with E-state index in [1.54, 1.807) is 52.8 Å². The van der Waals surface area contributed by atoms with Crippen molar-refractivity contribution >= 4 is 63.1 Å². The summed E-state index contributed by atoms with van der Waals surface area (Å²) in [6.45, 7) is 15.2. The van der Waals surface area contributed by atoms with Gasteiger partial charge in [-0.15, -0.1) is 0 Å². The number of methoxy groups -OCH3 is 1. The van der Waals surface area contributed by atoms with Crippen LogP contribution in [-0.4, -0.2) is 106 Å². The quantitative estimate of drug-likeness (QED) is 0.0553. The second kappa shape index (κ2) is 18.6. The van der Waals surface area contributed by atoms with Crippen molar-refractivity contribution in [3.8, 4) is 23.0 Å². The monoisotopic (exact) mass is 886 g/mol. The highest BCUT2D eigenvalue weighted by Crippen LogP contribution is 2.37. The van der Waals surface area contributed by atoms with Crippen LogP contribution in [-0.2, 0) is 30.9 Å². The summed E-state index contributed by atoms with van der Waals surface area (Å²) in [5.74, 6) is 0.452. The molecular weight excluding hydrogens is 833 g/mol. The normalized spacial score (nSPS) is 11.8. The van der Waals surface area contributed by atoms with Crippen molar-refractivity contribution in [1.82, 2.24) is 48.5 Å². The molecule has 0 unspecified atom stereocenters. The van der Waals surface area contributed by atoms with Crippen LogP contribution in [0.4, 0.5) is 10.7 Å². The zero-order valence-electron chi connectivity index (χ0n) is 38.1. The van der Waals surface area contributed by atoms with E-state index in [2.05, 4.69) is 15.5 Å². The minimum atomic E-state index is -0.639. The predicted octanol–water partition coefficient (Wildman–Crippen LogP) is 6.72. The molecule has 5 heterocycles. The predicted molar refractivity (Wildman–Crippen MR) is 246 cm³/mol. The highest BCUT2D eigenvalue weighted by Gasteiger charge is 2.24. The van der Waals surface area contributed by atoms with E-state index in [9.17, 15) is 19.2 Å². The van der Waals surface area contributed by atoms with E-state index in [0.717, 1.165) is 11.4 Å². The number of carbonyl (C=O) groups excluding carboxylic acids is 4. The Hall–Kier alpha value is -7.57. The lowest BCUT2D eigenvalue weighted by molar-refractivity contribution is 0.0291. The Morgan fingerprint density at radius 1 is 0.877 bits per heavy atom. The molecule has 19 nitrogen and oxygen atoms in total. The first kappa shape index (κ1) is 45.5. The number of rotatable bonds is 17. The zero-order chi connectivity index (χ0) is 46.7. The van der Waals surface area contributed by atoms with Gasteiger partial charge in [-0.25, -0.2) is 19.7 Å². The molecule has 7 rings (SSSR count). The molecule has 3 amide bonds. The maximum absolute atomic E-state index is 13.7. The average Bonchev–Trinajstić information content (AvgIpc) is 4.03. The first-order chi connectivity index (χ1) is 31.0. The summed E-state index contributed by atoms with van der Waals surface area (Å²) >= 11 is 0. The summed E-state index contributed by atoms with van der Waals surface area (Å²) in [6.07, 6.45) is 6.32. The summed E-state index contributed by atoms with van der Waals surface area (Å²) in [5, 5.41) is 13.3. The smallest absolute Gasteiger partial charge is 0.410 e. The molecule has 0 bridgehead atoms. The number of imidazole rings is 1. The molecule has 0 radical (unpaired) electrons. The van der Waals surface area contributed by atoms with Gasteiger partial charge in [0.25, 0.3) is 5.91 Å². The zero-order valence-corrected chi connectivity index (χ0v) is 38.1. The van der Waals surface area contributed by atoms with Gasteiger partial charge in [-0.3, -0.25) is 29.1 Å². The van der Waals surface area contributed by atoms with Gasteiger partial charge in [0.1, 0.15) is 45.9 Å². The van der Waals surface area contributed by atoms with Gasteiger partial charge < -0.3 is 34.0 Å². The van der Waals surface area contributed by atoms with Gasteiger partial charge in [-0.2, -0.15) is 10.2 Å². The lowest BCUT2D eigenvalue weighted by Crippen LogP contribution is -2.35. The van der Waals surface area contributed by atoms with Gasteiger partial charge in [0.05, 0.1) is 36.1 Å². The molecular formula is C46H54N12O7. The van der Waals surface area contributed by atoms with Gasteiger partial charge in [-0.1, -0.05) is 12.2 Å². The maximum atomic E-state index is 13.7. The van der Waals surface area contributed by atoms with E-state index in [0.29, 0.717) is 99.6 Å². The Kier molecular flexibility index (Phi) is 13.0. The van der Waals surface area contributed by atoms with Crippen LogP contribution in [0.25, 0.3) is 44.5 Å². The fraction of sp³-hybridized carbons (Fsp3) is 0.370. The van der Waals surface area contributed by atoms with E-state index in [4.69, 9.17) is 34.9 Å². The van der Waals surface area contributed by atoms with Crippen LogP contribution in [0.3, 0.4) is 0 Å². The Balaban J connectivity index is 1.29. The van der Waals surface area contributed by atoms with Crippen LogP contribution in [0.2, 0.25) is 0 Å². The van der Waals surface area contributed by atoms with Crippen molar-refractivity contribution in [2.24, 2.45) is 5.73 Å². The van der Waals surface area contributed by atoms with Gasteiger partial charge >= 0.3 is 6.09 Å². The third-order valence-electron chi connectivity index (χ3n) is 10.6. The number of amides is 3. The number of benzene rings is 2. The molecule has 0 aliphatic rings. The Morgan fingerprint density at radius 3 is 2.26 bits per heavy atom. The molecule has 0 aliphatic heterocycles. The summed E-state index contributed by atoms with van der Waals surface area (Å²) in [4.78, 5) is 67.1. The Morgan fingerprint density at radius 2 is 1.58 bits per heavy atom. The highest BCUT2D eigenvalue weighted by molar-refractivity contribution is 6.12. The Labute approximate surface area is 375 Å². The van der Waals surface area contributed by atoms with Gasteiger partial charge in [0, 0.05) is 67.9 Å². The van der Waals surface area contributed by atoms with Crippen molar-refractivity contribution < 1.29 is 33.4 Å². The van der Waals surface area contributed by atoms with E-state index in [-0.39, 0.29) is 31.2 Å². The van der Waals surface area contributed by atoms with Crippen LogP contribution in [0, 0.1) is 13.8 Å². The van der Waals surface area contributed by atoms with Crippen LogP contribution in [0.15, 0.2) is 54.7 Å². The third-order valence-corrected chi connectivity index (χ3v) is 10.6. The minimum Gasteiger partial charge on any atom is -0.494 e. The minimum absolute atomic E-state index is 0.197. The topological polar surface area (TPSA) is 221 Å². The number of allylic oxidation sites excluding steroid dienone is 2. The molecule has 65 heavy (non-hydrogen) atoms. The largest absolute Gasteiger partial charge is 0.494 e. The van der Waals surface area contributed by atoms with E-state index in [1.165, 1.54) is 12.0 Å². The number of aromatic nitrogens is 9. The molecule has 7 aromatic rings. The Bertz CT molecular complexity index is 2990. The number of carbonyl (C=O) groups is 4. The van der Waals surface area contributed by atoms with Crippen molar-refractivity contribution in [1.29, 1.82) is 0 Å². The van der Waals surface area contributed by atoms with Crippen molar-refractivity contribution in [3.63, 3.8) is 0 Å². The molecule has 0 aliphatic carbocycles. The number of anilines is 1. The highest BCUT2D eigenvalue weighted by atomic mass is 16.6. The van der Waals surface area contributed by atoms with Gasteiger partial charge in [0.2, 0.25) is 11.9 Å². The summed E-state index contributed by atoms with van der Waals surface area (Å²) < 4.78 is 24.9. The van der Waals surface area contributed by atoms with Crippen LogP contribution >= 0.6 is 0 Å². The number of fused-ring (bicyclic) bond motifs is 4. The maximum Gasteiger partial charge on any atom is 0.410 e. The van der Waals surface area contributed by atoms with Gasteiger partial charge in [0.15, 0.2) is 5.82 Å². The number of ether oxygens (including phenoxy) is 3. The molecule has 0 atom stereocenters. The second-order valence-electron chi connectivity index (χ2n) is 16.5. The molecule has 19 heteroatoms. The molecule has 3 N–H and O–H groups in total. The average molecular weight is 887 g/mol. The van der Waals surface area contributed by atoms with E-state index >= 15 is 0 Å². The lowest BCUT2D eigenvalue weighted by Gasteiger charge is -2.24. The number of nitrogens with zero attached hydrogens (tertiary/aromatic N) is 10. The fourth-order valence-electron chi connectivity index (χ4n) is 7.64. The molecule has 2 aromatic carbocycles. The summed E-state index contributed by atoms with van der Waals surface area (Å²) in [5.41, 5.74) is 10.7. The second-order valence-corrected chi connectivity index (χ2v) is 16.5. The molecule has 0 spiro atoms. The van der Waals surface area contributed by atoms with E-state index in [1.807, 2.05) is 75.9 Å². The molecule has 0 saturated carbocycles. The molecule has 340 valence electrons. The number of hydrogen-bond acceptors (Lipinski definition) is 12. The van der Waals surface area contributed by atoms with Crippen LogP contribution in [0.5, 0.6) is 11.5 Å². The standard InChI is InChI=1S/C46H54N12O7/c1-10-57-34(19-27(3)52-57)41-48-25-32-31-23-30(40(47)60)24-37(64-18-14-15-54(8)45(62)65-46(5,6)7)38(31)55(42(32)50-41)16-12-13-17-56-39-33(21-29(26-59)22-36(39)63-9)49-44(56)51-43(61)35-20-28(4)53-58(35)11-2/h12-13,19-26H,10-11,14-18H2,1-9H3,(H2,47,60)(H,49,51,61)/b13-12+. The van der Waals surface area contributed by atoms with Crippen LogP contribution < -0.4 is 20.5 Å². The fourth-order valence-corrected chi connectivity index (χ4v) is 7.64. The number of aldehydes is 1. The van der Waals surface area contributed by atoms with Crippen molar-refractivity contribution in [3.05, 3.63) is 83.0 Å². The number of primary amides is 1. The SMILES string of the molecule is CCn1nc(C)cc1C(=O)Nc1nc2cc(C=O)cc(OC)c2n1C/C=C/Cn1c2nc(-c3cc(C)nn3CC)ncc2c2cc(C(N)=O)cc(OCCCN(C)C(=O)OC(C)(C)C)c21. The first-order valence-electron chi connectivity index (χ1n) is 21.3. The number of aryl methyl sites for hydroxylation is 4. The van der Waals surface area contributed by atoms with Crippen molar-refractivity contribution in [2.45, 2.75) is 86.7 Å². The first-order valence-corrected chi connectivity index (χ1v) is 21.3. The lowest BCUT2D eigenvalue weighted by atomic mass is 10.1. The molecule has 5 aromatic heterocycles. The van der Waals surface area contributed by atoms with Gasteiger partial charge in [-0.05, 0) is 91.3 Å². The third kappa shape index (κ3) is 9.53. The number of nitrogens with one attached hydrogen (secondary N) is 1. The molecule has 0 fully saturated rings. The number of hydrogen-bond donors (Lipinski definition) is 2. The summed E-state index contributed by atoms with van der Waals surface area (Å²) in [6, 6.07) is 10.2. The molecule has 0 saturated heterocycles. The van der Waals surface area contributed by atoms with Crippen molar-refractivity contribution in [2.75, 3.05) is 32.6 Å². The summed E-state index contributed by atoms with van der Waals surface area (Å²) in [7, 11) is 3.17. The van der Waals surface area contributed by atoms with Crippen LogP contribution in [0.1, 0.15) is 83.6 Å². The van der Waals surface area contributed by atoms with E-state index < -0.39 is 23.5 Å². The number of nitrogens with two attached hydrogens (primary N) is 1.